The minimum atomic E-state index is -0.476. The molecule has 24 heavy (non-hydrogen) atoms. The summed E-state index contributed by atoms with van der Waals surface area (Å²) in [4.78, 5) is 12.9. The molecule has 0 aliphatic carbocycles. The number of rotatable bonds is 4. The molecule has 1 unspecified atom stereocenters. The fraction of sp³-hybridized carbons (Fsp3) is 0.278. The standard InChI is InChI=1S/C18H19FN2O2S/c19-14-8-4-7-13-15(9-10-24-17(13)14)20-18(23)21-16(11-22)12-5-2-1-3-6-12/h1-8,15-16,22H,9-11H2,(H2,20,21,23)/t15?,16-/m1/s1. The number of aliphatic hydroxyl groups excluding tert-OH is 1. The Balaban J connectivity index is 1.69. The second-order valence-corrected chi connectivity index (χ2v) is 6.72. The Morgan fingerprint density at radius 2 is 2.04 bits per heavy atom. The minimum absolute atomic E-state index is 0.191. The zero-order valence-corrected chi connectivity index (χ0v) is 13.9. The molecule has 126 valence electrons. The van der Waals surface area contributed by atoms with Gasteiger partial charge in [-0.2, -0.15) is 0 Å². The van der Waals surface area contributed by atoms with E-state index in [1.807, 2.05) is 36.4 Å². The summed E-state index contributed by atoms with van der Waals surface area (Å²) >= 11 is 1.47. The van der Waals surface area contributed by atoms with Gasteiger partial charge in [0.1, 0.15) is 5.82 Å². The number of carbonyl (C=O) groups is 1. The van der Waals surface area contributed by atoms with Gasteiger partial charge in [0.25, 0.3) is 0 Å². The number of hydrogen-bond acceptors (Lipinski definition) is 3. The molecule has 1 aliphatic rings. The van der Waals surface area contributed by atoms with E-state index in [0.717, 1.165) is 23.3 Å². The van der Waals surface area contributed by atoms with Crippen LogP contribution in [-0.4, -0.2) is 23.5 Å². The van der Waals surface area contributed by atoms with Crippen molar-refractivity contribution in [2.24, 2.45) is 0 Å². The fourth-order valence-electron chi connectivity index (χ4n) is 2.81. The monoisotopic (exact) mass is 346 g/mol. The van der Waals surface area contributed by atoms with E-state index in [0.29, 0.717) is 4.90 Å². The molecular formula is C18H19FN2O2S. The Bertz CT molecular complexity index is 711. The first kappa shape index (κ1) is 16.8. The maximum Gasteiger partial charge on any atom is 0.315 e. The summed E-state index contributed by atoms with van der Waals surface area (Å²) < 4.78 is 13.9. The van der Waals surface area contributed by atoms with E-state index in [-0.39, 0.29) is 24.5 Å². The smallest absolute Gasteiger partial charge is 0.315 e. The van der Waals surface area contributed by atoms with Gasteiger partial charge in [-0.25, -0.2) is 9.18 Å². The number of benzene rings is 2. The third-order valence-electron chi connectivity index (χ3n) is 4.02. The van der Waals surface area contributed by atoms with Crippen molar-refractivity contribution >= 4 is 17.8 Å². The van der Waals surface area contributed by atoms with Gasteiger partial charge in [-0.15, -0.1) is 11.8 Å². The largest absolute Gasteiger partial charge is 0.394 e. The van der Waals surface area contributed by atoms with Gasteiger partial charge < -0.3 is 15.7 Å². The molecule has 2 aromatic rings. The summed E-state index contributed by atoms with van der Waals surface area (Å²) in [5.41, 5.74) is 1.64. The number of aliphatic hydroxyl groups is 1. The summed E-state index contributed by atoms with van der Waals surface area (Å²) in [5, 5.41) is 15.2. The Labute approximate surface area is 144 Å². The Hall–Kier alpha value is -2.05. The van der Waals surface area contributed by atoms with E-state index in [2.05, 4.69) is 10.6 Å². The molecule has 0 bridgehead atoms. The summed E-state index contributed by atoms with van der Waals surface area (Å²) in [5.74, 6) is 0.503. The summed E-state index contributed by atoms with van der Waals surface area (Å²) in [7, 11) is 0. The van der Waals surface area contributed by atoms with Crippen molar-refractivity contribution in [2.45, 2.75) is 23.4 Å². The van der Waals surface area contributed by atoms with Crippen molar-refractivity contribution in [3.63, 3.8) is 0 Å². The summed E-state index contributed by atoms with van der Waals surface area (Å²) in [6.45, 7) is -0.191. The molecule has 0 saturated heterocycles. The first-order chi connectivity index (χ1) is 11.7. The van der Waals surface area contributed by atoms with Crippen molar-refractivity contribution in [3.05, 3.63) is 65.5 Å². The van der Waals surface area contributed by atoms with Crippen LogP contribution in [0.5, 0.6) is 0 Å². The van der Waals surface area contributed by atoms with Crippen LogP contribution in [0.2, 0.25) is 0 Å². The molecule has 0 radical (unpaired) electrons. The van der Waals surface area contributed by atoms with E-state index in [9.17, 15) is 14.3 Å². The highest BCUT2D eigenvalue weighted by Gasteiger charge is 2.25. The first-order valence-corrected chi connectivity index (χ1v) is 8.81. The normalized spacial score (nSPS) is 17.7. The molecule has 3 rings (SSSR count). The number of carbonyl (C=O) groups excluding carboxylic acids is 1. The Morgan fingerprint density at radius 1 is 1.25 bits per heavy atom. The van der Waals surface area contributed by atoms with Crippen molar-refractivity contribution < 1.29 is 14.3 Å². The average molecular weight is 346 g/mol. The molecule has 2 amide bonds. The van der Waals surface area contributed by atoms with Gasteiger partial charge in [0, 0.05) is 10.6 Å². The highest BCUT2D eigenvalue weighted by atomic mass is 32.2. The molecule has 2 atom stereocenters. The second kappa shape index (κ2) is 7.68. The Morgan fingerprint density at radius 3 is 2.79 bits per heavy atom. The maximum atomic E-state index is 13.9. The first-order valence-electron chi connectivity index (χ1n) is 7.83. The zero-order chi connectivity index (χ0) is 16.9. The van der Waals surface area contributed by atoms with E-state index in [1.165, 1.54) is 17.8 Å². The molecule has 0 saturated carbocycles. The van der Waals surface area contributed by atoms with Gasteiger partial charge in [-0.3, -0.25) is 0 Å². The van der Waals surface area contributed by atoms with Crippen molar-refractivity contribution in [1.29, 1.82) is 0 Å². The number of hydrogen-bond donors (Lipinski definition) is 3. The van der Waals surface area contributed by atoms with E-state index >= 15 is 0 Å². The highest BCUT2D eigenvalue weighted by Crippen LogP contribution is 2.37. The maximum absolute atomic E-state index is 13.9. The van der Waals surface area contributed by atoms with Crippen LogP contribution in [0, 0.1) is 5.82 Å². The Kier molecular flexibility index (Phi) is 5.37. The summed E-state index contributed by atoms with van der Waals surface area (Å²) in [6.07, 6.45) is 0.740. The van der Waals surface area contributed by atoms with Crippen LogP contribution in [-0.2, 0) is 0 Å². The van der Waals surface area contributed by atoms with Crippen molar-refractivity contribution in [2.75, 3.05) is 12.4 Å². The van der Waals surface area contributed by atoms with Crippen LogP contribution in [0.25, 0.3) is 0 Å². The lowest BCUT2D eigenvalue weighted by atomic mass is 10.0. The lowest BCUT2D eigenvalue weighted by molar-refractivity contribution is 0.213. The van der Waals surface area contributed by atoms with Crippen LogP contribution >= 0.6 is 11.8 Å². The molecule has 4 nitrogen and oxygen atoms in total. The van der Waals surface area contributed by atoms with Gasteiger partial charge >= 0.3 is 6.03 Å². The summed E-state index contributed by atoms with van der Waals surface area (Å²) in [6, 6.07) is 13.2. The van der Waals surface area contributed by atoms with E-state index < -0.39 is 6.04 Å². The quantitative estimate of drug-likeness (QED) is 0.795. The predicted molar refractivity (Wildman–Crippen MR) is 92.4 cm³/mol. The molecule has 0 fully saturated rings. The molecule has 3 N–H and O–H groups in total. The third kappa shape index (κ3) is 3.71. The van der Waals surface area contributed by atoms with Crippen molar-refractivity contribution in [1.82, 2.24) is 10.6 Å². The van der Waals surface area contributed by atoms with Gasteiger partial charge in [-0.1, -0.05) is 42.5 Å². The minimum Gasteiger partial charge on any atom is -0.394 e. The topological polar surface area (TPSA) is 61.4 Å². The number of amides is 2. The van der Waals surface area contributed by atoms with Crippen LogP contribution in [0.1, 0.15) is 29.6 Å². The zero-order valence-electron chi connectivity index (χ0n) is 13.0. The number of nitrogens with one attached hydrogen (secondary N) is 2. The second-order valence-electron chi connectivity index (χ2n) is 5.61. The number of thioether (sulfide) groups is 1. The van der Waals surface area contributed by atoms with Crippen LogP contribution < -0.4 is 10.6 Å². The molecule has 0 spiro atoms. The molecule has 1 heterocycles. The van der Waals surface area contributed by atoms with Gasteiger partial charge in [-0.05, 0) is 23.6 Å². The van der Waals surface area contributed by atoms with Gasteiger partial charge in [0.2, 0.25) is 0 Å². The van der Waals surface area contributed by atoms with Crippen LogP contribution in [0.3, 0.4) is 0 Å². The number of urea groups is 1. The highest BCUT2D eigenvalue weighted by molar-refractivity contribution is 7.99. The average Bonchev–Trinajstić information content (AvgIpc) is 2.61. The predicted octanol–water partition coefficient (Wildman–Crippen LogP) is 3.40. The number of halogens is 1. The third-order valence-corrected chi connectivity index (χ3v) is 5.18. The van der Waals surface area contributed by atoms with E-state index in [4.69, 9.17) is 0 Å². The van der Waals surface area contributed by atoms with Gasteiger partial charge in [0.05, 0.1) is 18.7 Å². The van der Waals surface area contributed by atoms with Gasteiger partial charge in [0.15, 0.2) is 0 Å². The molecule has 2 aromatic carbocycles. The lowest BCUT2D eigenvalue weighted by Gasteiger charge is -2.27. The lowest BCUT2D eigenvalue weighted by Crippen LogP contribution is -2.41. The molecule has 1 aliphatic heterocycles. The molecule has 0 aromatic heterocycles. The van der Waals surface area contributed by atoms with Crippen LogP contribution in [0.4, 0.5) is 9.18 Å². The SMILES string of the molecule is O=C(NC1CCSc2c(F)cccc21)N[C@H](CO)c1ccccc1. The molecule has 6 heteroatoms. The van der Waals surface area contributed by atoms with Crippen molar-refractivity contribution in [3.8, 4) is 0 Å². The fourth-order valence-corrected chi connectivity index (χ4v) is 3.95. The number of fused-ring (bicyclic) bond motifs is 1. The van der Waals surface area contributed by atoms with Crippen LogP contribution in [0.15, 0.2) is 53.4 Å². The van der Waals surface area contributed by atoms with E-state index in [1.54, 1.807) is 6.07 Å². The molecular weight excluding hydrogens is 327 g/mol.